The van der Waals surface area contributed by atoms with Gasteiger partial charge in [-0.1, -0.05) is 18.2 Å². The highest BCUT2D eigenvalue weighted by atomic mass is 16.6. The third kappa shape index (κ3) is 6.16. The topological polar surface area (TPSA) is 78.9 Å². The van der Waals surface area contributed by atoms with Crippen molar-refractivity contribution in [3.8, 4) is 0 Å². The van der Waals surface area contributed by atoms with Gasteiger partial charge in [-0.25, -0.2) is 14.8 Å². The molecule has 3 rings (SSSR count). The van der Waals surface area contributed by atoms with Crippen LogP contribution in [-0.4, -0.2) is 58.6 Å². The number of carbonyl (C=O) groups excluding carboxylic acids is 2. The molecule has 31 heavy (non-hydrogen) atoms. The number of aromatic nitrogens is 2. The Morgan fingerprint density at radius 2 is 1.68 bits per heavy atom. The molecule has 2 amide bonds. The molecule has 2 aromatic rings. The zero-order valence-electron chi connectivity index (χ0n) is 18.7. The number of ether oxygens (including phenoxy) is 1. The Bertz CT molecular complexity index is 898. The van der Waals surface area contributed by atoms with Gasteiger partial charge in [0, 0.05) is 51.2 Å². The van der Waals surface area contributed by atoms with Gasteiger partial charge in [-0.15, -0.1) is 0 Å². The lowest BCUT2D eigenvalue weighted by Crippen LogP contribution is -2.41. The second-order valence-electron chi connectivity index (χ2n) is 8.59. The Morgan fingerprint density at radius 3 is 2.35 bits per heavy atom. The van der Waals surface area contributed by atoms with Crippen LogP contribution in [0.4, 0.5) is 16.4 Å². The van der Waals surface area contributed by atoms with Gasteiger partial charge in [-0.2, -0.15) is 0 Å². The van der Waals surface area contributed by atoms with Gasteiger partial charge in [-0.3, -0.25) is 4.79 Å². The number of fused-ring (bicyclic) bond motifs is 1. The fourth-order valence-electron chi connectivity index (χ4n) is 3.55. The second kappa shape index (κ2) is 9.76. The molecule has 1 aliphatic heterocycles. The summed E-state index contributed by atoms with van der Waals surface area (Å²) in [5.41, 5.74) is 1.14. The summed E-state index contributed by atoms with van der Waals surface area (Å²) in [4.78, 5) is 39.7. The van der Waals surface area contributed by atoms with Gasteiger partial charge in [0.1, 0.15) is 5.60 Å². The van der Waals surface area contributed by atoms with Crippen molar-refractivity contribution >= 4 is 23.6 Å². The van der Waals surface area contributed by atoms with Crippen molar-refractivity contribution in [1.29, 1.82) is 0 Å². The molecule has 1 aromatic carbocycles. The summed E-state index contributed by atoms with van der Waals surface area (Å²) in [5, 5.41) is 0. The van der Waals surface area contributed by atoms with Crippen LogP contribution in [0.3, 0.4) is 0 Å². The first-order chi connectivity index (χ1) is 14.7. The number of benzene rings is 1. The van der Waals surface area contributed by atoms with Crippen LogP contribution in [0.15, 0.2) is 42.7 Å². The molecule has 0 aliphatic carbocycles. The molecule has 0 bridgehead atoms. The van der Waals surface area contributed by atoms with Crippen molar-refractivity contribution in [2.24, 2.45) is 0 Å². The molecule has 166 valence electrons. The molecular weight excluding hydrogens is 394 g/mol. The standard InChI is InChI=1S/C23H31N5O3/c1-18(29)28-14-8-13-26(21-24-11-7-12-25-21)15-16-27(22(30)31-23(2,3)4)17-19-9-5-6-10-20(19)28/h5-7,9-12H,8,13-17H2,1-4H3. The Kier molecular flexibility index (Phi) is 7.09. The van der Waals surface area contributed by atoms with E-state index < -0.39 is 5.60 Å². The summed E-state index contributed by atoms with van der Waals surface area (Å²) >= 11 is 0. The highest BCUT2D eigenvalue weighted by Crippen LogP contribution is 2.24. The van der Waals surface area contributed by atoms with Crippen molar-refractivity contribution in [1.82, 2.24) is 14.9 Å². The average Bonchev–Trinajstić information content (AvgIpc) is 2.75. The Morgan fingerprint density at radius 1 is 0.968 bits per heavy atom. The molecular formula is C23H31N5O3. The van der Waals surface area contributed by atoms with Gasteiger partial charge in [0.2, 0.25) is 11.9 Å². The quantitative estimate of drug-likeness (QED) is 0.696. The maximum atomic E-state index is 13.0. The smallest absolute Gasteiger partial charge is 0.410 e. The lowest BCUT2D eigenvalue weighted by molar-refractivity contribution is -0.116. The van der Waals surface area contributed by atoms with E-state index in [-0.39, 0.29) is 12.0 Å². The minimum atomic E-state index is -0.601. The van der Waals surface area contributed by atoms with Crippen LogP contribution >= 0.6 is 0 Å². The Hall–Kier alpha value is -3.16. The number of rotatable bonds is 1. The zero-order chi connectivity index (χ0) is 22.4. The van der Waals surface area contributed by atoms with E-state index in [9.17, 15) is 9.59 Å². The van der Waals surface area contributed by atoms with Crippen molar-refractivity contribution in [3.05, 3.63) is 48.3 Å². The number of para-hydroxylation sites is 1. The van der Waals surface area contributed by atoms with Gasteiger partial charge < -0.3 is 19.4 Å². The predicted molar refractivity (Wildman–Crippen MR) is 120 cm³/mol. The minimum absolute atomic E-state index is 0.0296. The van der Waals surface area contributed by atoms with Crippen molar-refractivity contribution in [2.45, 2.75) is 46.3 Å². The van der Waals surface area contributed by atoms with E-state index >= 15 is 0 Å². The number of nitrogens with zero attached hydrogens (tertiary/aromatic N) is 5. The summed E-state index contributed by atoms with van der Waals surface area (Å²) in [6.07, 6.45) is 3.77. The first-order valence-corrected chi connectivity index (χ1v) is 10.6. The van der Waals surface area contributed by atoms with E-state index in [1.54, 1.807) is 35.2 Å². The van der Waals surface area contributed by atoms with E-state index in [0.29, 0.717) is 38.7 Å². The van der Waals surface area contributed by atoms with Crippen LogP contribution in [0.25, 0.3) is 0 Å². The number of hydrogen-bond donors (Lipinski definition) is 0. The molecule has 0 unspecified atom stereocenters. The summed E-state index contributed by atoms with van der Waals surface area (Å²) in [7, 11) is 0. The zero-order valence-corrected chi connectivity index (χ0v) is 18.7. The van der Waals surface area contributed by atoms with Crippen LogP contribution in [0.2, 0.25) is 0 Å². The Balaban J connectivity index is 1.95. The van der Waals surface area contributed by atoms with Crippen LogP contribution in [0.1, 0.15) is 39.7 Å². The maximum absolute atomic E-state index is 13.0. The lowest BCUT2D eigenvalue weighted by Gasteiger charge is -2.30. The number of carbonyl (C=O) groups is 2. The van der Waals surface area contributed by atoms with Gasteiger partial charge in [0.05, 0.1) is 6.54 Å². The van der Waals surface area contributed by atoms with Gasteiger partial charge in [0.25, 0.3) is 0 Å². The number of hydrogen-bond acceptors (Lipinski definition) is 6. The van der Waals surface area contributed by atoms with Crippen molar-refractivity contribution in [2.75, 3.05) is 36.0 Å². The fraction of sp³-hybridized carbons (Fsp3) is 0.478. The van der Waals surface area contributed by atoms with E-state index in [1.807, 2.05) is 49.9 Å². The van der Waals surface area contributed by atoms with Crippen molar-refractivity contribution in [3.63, 3.8) is 0 Å². The third-order valence-electron chi connectivity index (χ3n) is 4.96. The molecule has 0 fully saturated rings. The first kappa shape index (κ1) is 22.5. The monoisotopic (exact) mass is 425 g/mol. The second-order valence-corrected chi connectivity index (χ2v) is 8.59. The maximum Gasteiger partial charge on any atom is 0.410 e. The molecule has 0 N–H and O–H groups in total. The number of anilines is 2. The lowest BCUT2D eigenvalue weighted by atomic mass is 10.1. The SMILES string of the molecule is CC(=O)N1CCCN(c2ncccn2)CCN(C(=O)OC(C)(C)C)Cc2ccccc21. The van der Waals surface area contributed by atoms with Gasteiger partial charge in [0.15, 0.2) is 0 Å². The van der Waals surface area contributed by atoms with Crippen molar-refractivity contribution < 1.29 is 14.3 Å². The minimum Gasteiger partial charge on any atom is -0.444 e. The first-order valence-electron chi connectivity index (χ1n) is 10.6. The van der Waals surface area contributed by atoms with E-state index in [0.717, 1.165) is 17.7 Å². The van der Waals surface area contributed by atoms with Gasteiger partial charge in [-0.05, 0) is 44.9 Å². The molecule has 2 heterocycles. The molecule has 0 saturated carbocycles. The third-order valence-corrected chi connectivity index (χ3v) is 4.96. The predicted octanol–water partition coefficient (Wildman–Crippen LogP) is 3.48. The normalized spacial score (nSPS) is 15.7. The summed E-state index contributed by atoms with van der Waals surface area (Å²) in [5.74, 6) is 0.579. The molecule has 0 atom stereocenters. The summed E-state index contributed by atoms with van der Waals surface area (Å²) < 4.78 is 5.66. The largest absolute Gasteiger partial charge is 0.444 e. The summed E-state index contributed by atoms with van der Waals surface area (Å²) in [6, 6.07) is 9.50. The van der Waals surface area contributed by atoms with E-state index in [2.05, 4.69) is 9.97 Å². The van der Waals surface area contributed by atoms with Gasteiger partial charge >= 0.3 is 6.09 Å². The molecule has 1 aliphatic rings. The van der Waals surface area contributed by atoms with Crippen LogP contribution in [0.5, 0.6) is 0 Å². The van der Waals surface area contributed by atoms with E-state index in [4.69, 9.17) is 4.74 Å². The molecule has 0 spiro atoms. The fourth-order valence-corrected chi connectivity index (χ4v) is 3.55. The van der Waals surface area contributed by atoms with Crippen LogP contribution < -0.4 is 9.80 Å². The van der Waals surface area contributed by atoms with Crippen LogP contribution in [-0.2, 0) is 16.1 Å². The Labute approximate surface area is 183 Å². The molecule has 1 aromatic heterocycles. The highest BCUT2D eigenvalue weighted by molar-refractivity contribution is 5.92. The van der Waals surface area contributed by atoms with E-state index in [1.165, 1.54) is 0 Å². The summed E-state index contributed by atoms with van der Waals surface area (Å²) in [6.45, 7) is 9.72. The average molecular weight is 426 g/mol. The molecule has 0 saturated heterocycles. The molecule has 8 nitrogen and oxygen atoms in total. The number of amides is 2. The molecule has 8 heteroatoms. The molecule has 0 radical (unpaired) electrons. The van der Waals surface area contributed by atoms with Crippen LogP contribution in [0, 0.1) is 0 Å². The highest BCUT2D eigenvalue weighted by Gasteiger charge is 2.26.